The highest BCUT2D eigenvalue weighted by Crippen LogP contribution is 2.34. The highest BCUT2D eigenvalue weighted by atomic mass is 19.1. The van der Waals surface area contributed by atoms with Crippen LogP contribution in [0.3, 0.4) is 0 Å². The Morgan fingerprint density at radius 2 is 1.93 bits per heavy atom. The van der Waals surface area contributed by atoms with Crippen molar-refractivity contribution in [2.45, 2.75) is 25.3 Å². The topological polar surface area (TPSA) is 90.1 Å². The van der Waals surface area contributed by atoms with Gasteiger partial charge < -0.3 is 15.8 Å². The van der Waals surface area contributed by atoms with Gasteiger partial charge in [0.1, 0.15) is 5.52 Å². The fourth-order valence-electron chi connectivity index (χ4n) is 3.22. The normalized spacial score (nSPS) is 14.0. The molecule has 1 fully saturated rings. The lowest BCUT2D eigenvalue weighted by atomic mass is 9.93. The van der Waals surface area contributed by atoms with E-state index in [-0.39, 0.29) is 29.1 Å². The molecule has 1 heterocycles. The summed E-state index contributed by atoms with van der Waals surface area (Å²) in [7, 11) is 1.41. The number of nitrogens with zero attached hydrogens (tertiary/aromatic N) is 2. The summed E-state index contributed by atoms with van der Waals surface area (Å²) < 4.78 is 19.8. The Morgan fingerprint density at radius 1 is 1.19 bits per heavy atom. The van der Waals surface area contributed by atoms with E-state index in [1.807, 2.05) is 0 Å². The van der Waals surface area contributed by atoms with Gasteiger partial charge in [-0.2, -0.15) is 0 Å². The van der Waals surface area contributed by atoms with E-state index in [0.717, 1.165) is 19.3 Å². The lowest BCUT2D eigenvalue weighted by molar-refractivity contribution is 0.0912. The summed E-state index contributed by atoms with van der Waals surface area (Å²) in [5.74, 6) is -0.675. The smallest absolute Gasteiger partial charge is 0.274 e. The molecule has 0 unspecified atom stereocenters. The van der Waals surface area contributed by atoms with Crippen molar-refractivity contribution in [2.75, 3.05) is 12.8 Å². The van der Waals surface area contributed by atoms with Crippen LogP contribution in [0.5, 0.6) is 5.75 Å². The van der Waals surface area contributed by atoms with Crippen LogP contribution in [-0.2, 0) is 0 Å². The van der Waals surface area contributed by atoms with Crippen molar-refractivity contribution in [1.82, 2.24) is 15.5 Å². The molecule has 1 aliphatic carbocycles. The lowest BCUT2D eigenvalue weighted by Gasteiger charge is -2.26. The van der Waals surface area contributed by atoms with Gasteiger partial charge in [-0.05, 0) is 25.3 Å². The summed E-state index contributed by atoms with van der Waals surface area (Å²) in [6.45, 7) is 0. The summed E-state index contributed by atoms with van der Waals surface area (Å²) >= 11 is 0. The summed E-state index contributed by atoms with van der Waals surface area (Å²) in [6, 6.07) is 10.3. The second-order valence-corrected chi connectivity index (χ2v) is 6.59. The molecule has 0 aliphatic heterocycles. The minimum atomic E-state index is -0.486. The van der Waals surface area contributed by atoms with Crippen LogP contribution >= 0.6 is 0 Å². The molecule has 138 valence electrons. The predicted octanol–water partition coefficient (Wildman–Crippen LogP) is 3.31. The summed E-state index contributed by atoms with van der Waals surface area (Å²) in [4.78, 5) is 12.4. The third-order valence-electron chi connectivity index (χ3n) is 4.96. The first kappa shape index (κ1) is 17.2. The molecule has 0 saturated heterocycles. The number of ether oxygens (including phenoxy) is 1. The molecule has 0 atom stereocenters. The maximum absolute atomic E-state index is 14.7. The van der Waals surface area contributed by atoms with Crippen LogP contribution in [0.4, 0.5) is 10.1 Å². The molecule has 1 aromatic heterocycles. The number of rotatable bonds is 4. The monoisotopic (exact) mass is 366 g/mol. The number of nitrogens with two attached hydrogens (primary N) is 1. The van der Waals surface area contributed by atoms with Crippen LogP contribution in [0.15, 0.2) is 36.4 Å². The number of nitrogens with one attached hydrogen (secondary N) is 1. The minimum absolute atomic E-state index is 0.0951. The first-order valence-electron chi connectivity index (χ1n) is 8.78. The zero-order valence-electron chi connectivity index (χ0n) is 14.8. The Kier molecular flexibility index (Phi) is 4.35. The Hall–Kier alpha value is -3.22. The summed E-state index contributed by atoms with van der Waals surface area (Å²) in [5.41, 5.74) is 7.85. The van der Waals surface area contributed by atoms with Gasteiger partial charge in [-0.1, -0.05) is 30.3 Å². The number of aromatic nitrogens is 2. The second kappa shape index (κ2) is 6.83. The largest absolute Gasteiger partial charge is 0.494 e. The number of benzene rings is 2. The minimum Gasteiger partial charge on any atom is -0.494 e. The highest BCUT2D eigenvalue weighted by molar-refractivity contribution is 6.07. The zero-order valence-corrected chi connectivity index (χ0v) is 14.8. The van der Waals surface area contributed by atoms with Crippen LogP contribution in [-0.4, -0.2) is 29.3 Å². The SMILES string of the molecule is COc1cccc(-c2cccc3c(N)c(C(=O)NC4CCC4)nnc23)c1F. The molecule has 1 aliphatic rings. The van der Waals surface area contributed by atoms with E-state index in [2.05, 4.69) is 15.5 Å². The lowest BCUT2D eigenvalue weighted by Crippen LogP contribution is -2.40. The summed E-state index contributed by atoms with van der Waals surface area (Å²) in [6.07, 6.45) is 3.04. The van der Waals surface area contributed by atoms with E-state index < -0.39 is 5.82 Å². The number of carbonyl (C=O) groups excluding carboxylic acids is 1. The van der Waals surface area contributed by atoms with Crippen molar-refractivity contribution in [1.29, 1.82) is 0 Å². The standard InChI is InChI=1S/C20H19FN4O2/c1-27-15-10-4-7-12(16(15)21)13-8-3-9-14-17(22)19(25-24-18(13)14)20(26)23-11-5-2-6-11/h3-4,7-11H,2,5-6H2,1H3,(H2,22,24)(H,23,26). The highest BCUT2D eigenvalue weighted by Gasteiger charge is 2.24. The van der Waals surface area contributed by atoms with Gasteiger partial charge in [-0.25, -0.2) is 4.39 Å². The number of amides is 1. The molecule has 3 aromatic rings. The predicted molar refractivity (Wildman–Crippen MR) is 101 cm³/mol. The van der Waals surface area contributed by atoms with Crippen molar-refractivity contribution in [3.8, 4) is 16.9 Å². The van der Waals surface area contributed by atoms with E-state index in [0.29, 0.717) is 22.0 Å². The third kappa shape index (κ3) is 2.95. The van der Waals surface area contributed by atoms with Crippen molar-refractivity contribution in [2.24, 2.45) is 0 Å². The molecule has 3 N–H and O–H groups in total. The molecule has 0 radical (unpaired) electrons. The molecular weight excluding hydrogens is 347 g/mol. The van der Waals surface area contributed by atoms with Gasteiger partial charge in [0.2, 0.25) is 0 Å². The van der Waals surface area contributed by atoms with Crippen LogP contribution in [0.2, 0.25) is 0 Å². The van der Waals surface area contributed by atoms with Gasteiger partial charge in [-0.3, -0.25) is 4.79 Å². The molecule has 1 saturated carbocycles. The first-order chi connectivity index (χ1) is 13.1. The summed E-state index contributed by atoms with van der Waals surface area (Å²) in [5, 5.41) is 11.7. The molecule has 6 nitrogen and oxygen atoms in total. The Balaban J connectivity index is 1.81. The van der Waals surface area contributed by atoms with Crippen molar-refractivity contribution in [3.63, 3.8) is 0 Å². The van der Waals surface area contributed by atoms with Crippen LogP contribution in [0.25, 0.3) is 22.0 Å². The van der Waals surface area contributed by atoms with Crippen molar-refractivity contribution >= 4 is 22.5 Å². The first-order valence-corrected chi connectivity index (χ1v) is 8.78. The third-order valence-corrected chi connectivity index (χ3v) is 4.96. The quantitative estimate of drug-likeness (QED) is 0.739. The fourth-order valence-corrected chi connectivity index (χ4v) is 3.22. The van der Waals surface area contributed by atoms with Crippen molar-refractivity contribution in [3.05, 3.63) is 47.9 Å². The van der Waals surface area contributed by atoms with Gasteiger partial charge in [0.05, 0.1) is 12.8 Å². The van der Waals surface area contributed by atoms with E-state index in [9.17, 15) is 9.18 Å². The molecule has 4 rings (SSSR count). The average molecular weight is 366 g/mol. The van der Waals surface area contributed by atoms with Gasteiger partial charge in [0.25, 0.3) is 5.91 Å². The number of fused-ring (bicyclic) bond motifs is 1. The fraction of sp³-hybridized carbons (Fsp3) is 0.250. The molecule has 2 aromatic carbocycles. The van der Waals surface area contributed by atoms with Gasteiger partial charge in [0.15, 0.2) is 17.3 Å². The number of anilines is 1. The molecular formula is C20H19FN4O2. The van der Waals surface area contributed by atoms with Crippen LogP contribution in [0.1, 0.15) is 29.8 Å². The van der Waals surface area contributed by atoms with Crippen LogP contribution in [0, 0.1) is 5.82 Å². The molecule has 1 amide bonds. The Morgan fingerprint density at radius 3 is 2.63 bits per heavy atom. The average Bonchev–Trinajstić information content (AvgIpc) is 2.65. The number of methoxy groups -OCH3 is 1. The number of halogens is 1. The van der Waals surface area contributed by atoms with Crippen molar-refractivity contribution < 1.29 is 13.9 Å². The van der Waals surface area contributed by atoms with Crippen LogP contribution < -0.4 is 15.8 Å². The van der Waals surface area contributed by atoms with Gasteiger partial charge >= 0.3 is 0 Å². The number of carbonyl (C=O) groups is 1. The van der Waals surface area contributed by atoms with E-state index >= 15 is 0 Å². The zero-order chi connectivity index (χ0) is 19.0. The van der Waals surface area contributed by atoms with Gasteiger partial charge in [-0.15, -0.1) is 10.2 Å². The molecule has 27 heavy (non-hydrogen) atoms. The second-order valence-electron chi connectivity index (χ2n) is 6.59. The molecule has 0 spiro atoms. The van der Waals surface area contributed by atoms with E-state index in [1.54, 1.807) is 36.4 Å². The molecule has 7 heteroatoms. The van der Waals surface area contributed by atoms with E-state index in [1.165, 1.54) is 7.11 Å². The number of nitrogen functional groups attached to an aromatic ring is 1. The Bertz CT molecular complexity index is 1030. The molecule has 0 bridgehead atoms. The number of hydrogen-bond acceptors (Lipinski definition) is 5. The van der Waals surface area contributed by atoms with Gasteiger partial charge in [0, 0.05) is 22.6 Å². The maximum atomic E-state index is 14.7. The van der Waals surface area contributed by atoms with E-state index in [4.69, 9.17) is 10.5 Å². The Labute approximate surface area is 155 Å². The number of hydrogen-bond donors (Lipinski definition) is 2. The maximum Gasteiger partial charge on any atom is 0.274 e.